The van der Waals surface area contributed by atoms with E-state index in [1.165, 1.54) is 0 Å². The fourth-order valence-corrected chi connectivity index (χ4v) is 4.44. The van der Waals surface area contributed by atoms with Gasteiger partial charge in [-0.05, 0) is 39.2 Å². The number of nitrogens with zero attached hydrogens (tertiary/aromatic N) is 3. The van der Waals surface area contributed by atoms with Gasteiger partial charge < -0.3 is 14.2 Å². The second kappa shape index (κ2) is 9.42. The number of benzene rings is 1. The molecule has 27 heavy (non-hydrogen) atoms. The molecule has 1 aromatic heterocycles. The molecule has 3 rings (SSSR count). The van der Waals surface area contributed by atoms with E-state index in [-0.39, 0.29) is 17.3 Å². The number of aromatic nitrogens is 2. The van der Waals surface area contributed by atoms with E-state index in [0.717, 1.165) is 55.5 Å². The Balaban J connectivity index is 1.85. The highest BCUT2D eigenvalue weighted by atomic mass is 32.2. The molecule has 1 aliphatic rings. The molecule has 2 atom stereocenters. The van der Waals surface area contributed by atoms with Crippen molar-refractivity contribution >= 4 is 17.7 Å². The largest absolute Gasteiger partial charge is 0.376 e. The maximum Gasteiger partial charge on any atom is 0.235 e. The lowest BCUT2D eigenvalue weighted by Crippen LogP contribution is -2.36. The normalized spacial score (nSPS) is 17.8. The second-order valence-electron chi connectivity index (χ2n) is 6.81. The van der Waals surface area contributed by atoms with Crippen molar-refractivity contribution in [3.63, 3.8) is 0 Å². The molecule has 1 fully saturated rings. The minimum absolute atomic E-state index is 0.165. The minimum Gasteiger partial charge on any atom is -0.376 e. The van der Waals surface area contributed by atoms with E-state index >= 15 is 0 Å². The Morgan fingerprint density at radius 3 is 2.70 bits per heavy atom. The van der Waals surface area contributed by atoms with Gasteiger partial charge in [-0.15, -0.1) is 0 Å². The lowest BCUT2D eigenvalue weighted by molar-refractivity contribution is -0.129. The first-order valence-electron chi connectivity index (χ1n) is 9.82. The molecule has 0 N–H and O–H groups in total. The van der Waals surface area contributed by atoms with Crippen molar-refractivity contribution < 1.29 is 9.53 Å². The van der Waals surface area contributed by atoms with Gasteiger partial charge in [-0.2, -0.15) is 0 Å². The standard InChI is InChI=1S/C21H29N3O2S/c1-4-23(5-2)20(25)16(3)27-21-22-14-19(17-10-7-6-8-11-17)24(21)15-18-12-9-13-26-18/h6-8,10-11,14,16,18H,4-5,9,12-13,15H2,1-3H3. The van der Waals surface area contributed by atoms with Crippen LogP contribution in [0.15, 0.2) is 41.7 Å². The Bertz CT molecular complexity index is 737. The van der Waals surface area contributed by atoms with Crippen LogP contribution in [0.1, 0.15) is 33.6 Å². The van der Waals surface area contributed by atoms with Crippen LogP contribution in [0.4, 0.5) is 0 Å². The molecule has 1 aromatic carbocycles. The minimum atomic E-state index is -0.167. The van der Waals surface area contributed by atoms with E-state index < -0.39 is 0 Å². The summed E-state index contributed by atoms with van der Waals surface area (Å²) in [6.45, 7) is 9.09. The molecule has 0 bridgehead atoms. The number of carbonyl (C=O) groups excluding carboxylic acids is 1. The third-order valence-corrected chi connectivity index (χ3v) is 6.10. The molecular weight excluding hydrogens is 358 g/mol. The summed E-state index contributed by atoms with van der Waals surface area (Å²) in [5.41, 5.74) is 2.22. The Morgan fingerprint density at radius 2 is 2.07 bits per heavy atom. The monoisotopic (exact) mass is 387 g/mol. The summed E-state index contributed by atoms with van der Waals surface area (Å²) in [6.07, 6.45) is 4.32. The van der Waals surface area contributed by atoms with Gasteiger partial charge in [0, 0.05) is 19.7 Å². The number of amides is 1. The summed E-state index contributed by atoms with van der Waals surface area (Å²) in [7, 11) is 0. The van der Waals surface area contributed by atoms with Gasteiger partial charge in [-0.25, -0.2) is 4.98 Å². The molecule has 0 spiro atoms. The third kappa shape index (κ3) is 4.74. The van der Waals surface area contributed by atoms with Crippen molar-refractivity contribution in [2.75, 3.05) is 19.7 Å². The second-order valence-corrected chi connectivity index (χ2v) is 8.12. The highest BCUT2D eigenvalue weighted by molar-refractivity contribution is 8.00. The van der Waals surface area contributed by atoms with Crippen molar-refractivity contribution in [1.29, 1.82) is 0 Å². The molecule has 146 valence electrons. The Labute approximate surface area is 166 Å². The molecule has 1 saturated heterocycles. The van der Waals surface area contributed by atoms with Crippen LogP contribution in [-0.4, -0.2) is 51.4 Å². The van der Waals surface area contributed by atoms with Gasteiger partial charge in [-0.3, -0.25) is 4.79 Å². The predicted molar refractivity (Wildman–Crippen MR) is 110 cm³/mol. The molecule has 1 amide bonds. The molecule has 2 heterocycles. The van der Waals surface area contributed by atoms with E-state index in [2.05, 4.69) is 21.7 Å². The number of hydrogen-bond donors (Lipinski definition) is 0. The number of hydrogen-bond acceptors (Lipinski definition) is 4. The van der Waals surface area contributed by atoms with Gasteiger partial charge in [0.15, 0.2) is 5.16 Å². The smallest absolute Gasteiger partial charge is 0.235 e. The van der Waals surface area contributed by atoms with E-state index in [0.29, 0.717) is 0 Å². The van der Waals surface area contributed by atoms with E-state index in [1.54, 1.807) is 11.8 Å². The summed E-state index contributed by atoms with van der Waals surface area (Å²) < 4.78 is 8.09. The zero-order chi connectivity index (χ0) is 19.2. The lowest BCUT2D eigenvalue weighted by Gasteiger charge is -2.23. The molecule has 0 saturated carbocycles. The van der Waals surface area contributed by atoms with Crippen LogP contribution in [-0.2, 0) is 16.1 Å². The Kier molecular flexibility index (Phi) is 6.96. The maximum atomic E-state index is 12.7. The van der Waals surface area contributed by atoms with Crippen LogP contribution in [0.3, 0.4) is 0 Å². The molecule has 0 aliphatic carbocycles. The first-order chi connectivity index (χ1) is 13.1. The molecule has 0 radical (unpaired) electrons. The first kappa shape index (κ1) is 20.0. The summed E-state index contributed by atoms with van der Waals surface area (Å²) in [5, 5.41) is 0.719. The van der Waals surface area contributed by atoms with Crippen LogP contribution >= 0.6 is 11.8 Å². The van der Waals surface area contributed by atoms with Crippen LogP contribution in [0, 0.1) is 0 Å². The maximum absolute atomic E-state index is 12.7. The number of thioether (sulfide) groups is 1. The zero-order valence-electron chi connectivity index (χ0n) is 16.4. The number of ether oxygens (including phenoxy) is 1. The van der Waals surface area contributed by atoms with Gasteiger partial charge in [-0.1, -0.05) is 42.1 Å². The number of rotatable bonds is 8. The van der Waals surface area contributed by atoms with Gasteiger partial charge in [0.2, 0.25) is 5.91 Å². The van der Waals surface area contributed by atoms with Crippen LogP contribution in [0.2, 0.25) is 0 Å². The van der Waals surface area contributed by atoms with Gasteiger partial charge in [0.1, 0.15) is 0 Å². The summed E-state index contributed by atoms with van der Waals surface area (Å²) in [4.78, 5) is 19.2. The molecule has 6 heteroatoms. The van der Waals surface area contributed by atoms with E-state index in [1.807, 2.05) is 50.1 Å². The average Bonchev–Trinajstić information content (AvgIpc) is 3.34. The molecule has 2 aromatic rings. The van der Waals surface area contributed by atoms with Crippen molar-refractivity contribution in [3.05, 3.63) is 36.5 Å². The van der Waals surface area contributed by atoms with Gasteiger partial charge in [0.05, 0.1) is 29.8 Å². The van der Waals surface area contributed by atoms with Gasteiger partial charge >= 0.3 is 0 Å². The summed E-state index contributed by atoms with van der Waals surface area (Å²) >= 11 is 1.54. The fourth-order valence-electron chi connectivity index (χ4n) is 3.46. The molecule has 1 aliphatic heterocycles. The average molecular weight is 388 g/mol. The fraction of sp³-hybridized carbons (Fsp3) is 0.524. The van der Waals surface area contributed by atoms with Crippen molar-refractivity contribution in [1.82, 2.24) is 14.5 Å². The van der Waals surface area contributed by atoms with E-state index in [9.17, 15) is 4.79 Å². The van der Waals surface area contributed by atoms with E-state index in [4.69, 9.17) is 4.74 Å². The van der Waals surface area contributed by atoms with Crippen molar-refractivity contribution in [2.24, 2.45) is 0 Å². The molecule has 5 nitrogen and oxygen atoms in total. The summed E-state index contributed by atoms with van der Waals surface area (Å²) in [6, 6.07) is 10.3. The molecule has 2 unspecified atom stereocenters. The zero-order valence-corrected chi connectivity index (χ0v) is 17.2. The van der Waals surface area contributed by atoms with Crippen molar-refractivity contribution in [3.8, 4) is 11.3 Å². The highest BCUT2D eigenvalue weighted by Crippen LogP contribution is 2.30. The topological polar surface area (TPSA) is 47.4 Å². The number of carbonyl (C=O) groups is 1. The van der Waals surface area contributed by atoms with Crippen LogP contribution < -0.4 is 0 Å². The quantitative estimate of drug-likeness (QED) is 0.641. The summed E-state index contributed by atoms with van der Waals surface area (Å²) in [5.74, 6) is 0.165. The SMILES string of the molecule is CCN(CC)C(=O)C(C)Sc1ncc(-c2ccccc2)n1CC1CCCO1. The molecular formula is C21H29N3O2S. The number of imidazole rings is 1. The van der Waals surface area contributed by atoms with Crippen LogP contribution in [0.25, 0.3) is 11.3 Å². The first-order valence-corrected chi connectivity index (χ1v) is 10.7. The predicted octanol–water partition coefficient (Wildman–Crippen LogP) is 4.08. The third-order valence-electron chi connectivity index (χ3n) is 5.00. The Morgan fingerprint density at radius 1 is 1.33 bits per heavy atom. The van der Waals surface area contributed by atoms with Crippen LogP contribution in [0.5, 0.6) is 0 Å². The Hall–Kier alpha value is -1.79. The van der Waals surface area contributed by atoms with Crippen molar-refractivity contribution in [2.45, 2.75) is 56.7 Å². The lowest BCUT2D eigenvalue weighted by atomic mass is 10.1. The highest BCUT2D eigenvalue weighted by Gasteiger charge is 2.25. The van der Waals surface area contributed by atoms with Gasteiger partial charge in [0.25, 0.3) is 0 Å².